The summed E-state index contributed by atoms with van der Waals surface area (Å²) < 4.78 is 0. The van der Waals surface area contributed by atoms with E-state index in [1.807, 2.05) is 0 Å². The first-order chi connectivity index (χ1) is 12.4. The van der Waals surface area contributed by atoms with Gasteiger partial charge in [-0.15, -0.1) is 0 Å². The minimum absolute atomic E-state index is 0.851. The van der Waals surface area contributed by atoms with E-state index in [1.54, 1.807) is 23.6 Å². The van der Waals surface area contributed by atoms with Crippen LogP contribution in [0.25, 0.3) is 0 Å². The monoisotopic (exact) mass is 416 g/mol. The summed E-state index contributed by atoms with van der Waals surface area (Å²) in [5, 5.41) is 0. The van der Waals surface area contributed by atoms with Crippen molar-refractivity contribution in [3.63, 3.8) is 0 Å². The molecule has 0 amide bonds. The maximum Gasteiger partial charge on any atom is 0.0583 e. The predicted octanol–water partition coefficient (Wildman–Crippen LogP) is 8.35. The first-order valence-electron chi connectivity index (χ1n) is 11.5. The number of hydrogen-bond donors (Lipinski definition) is 0. The van der Waals surface area contributed by atoms with E-state index in [4.69, 9.17) is 0 Å². The lowest BCUT2D eigenvalue weighted by atomic mass is 10.0. The molecule has 0 heterocycles. The van der Waals surface area contributed by atoms with Crippen LogP contribution < -0.4 is 0 Å². The van der Waals surface area contributed by atoms with Gasteiger partial charge in [-0.1, -0.05) is 108 Å². The maximum absolute atomic E-state index is 2.76. The minimum Gasteiger partial charge on any atom is -0.0695 e. The summed E-state index contributed by atoms with van der Waals surface area (Å²) in [6.45, 7) is 20.9. The molecule has 2 aliphatic carbocycles. The van der Waals surface area contributed by atoms with Crippen molar-refractivity contribution in [1.82, 2.24) is 0 Å². The van der Waals surface area contributed by atoms with Gasteiger partial charge in [-0.2, -0.15) is 0 Å². The van der Waals surface area contributed by atoms with Gasteiger partial charge in [0.05, 0.1) is 8.07 Å². The number of fused-ring (bicyclic) bond motifs is 1. The summed E-state index contributed by atoms with van der Waals surface area (Å²) >= 11 is 0. The molecule has 4 atom stereocenters. The van der Waals surface area contributed by atoms with Gasteiger partial charge in [-0.05, 0) is 40.5 Å². The summed E-state index contributed by atoms with van der Waals surface area (Å²) in [5.74, 6) is 1.90. The maximum atomic E-state index is 2.76. The highest BCUT2D eigenvalue weighted by Crippen LogP contribution is 2.55. The van der Waals surface area contributed by atoms with Crippen LogP contribution in [0.3, 0.4) is 0 Å². The van der Waals surface area contributed by atoms with E-state index < -0.39 is 24.2 Å². The predicted molar refractivity (Wildman–Crippen MR) is 131 cm³/mol. The van der Waals surface area contributed by atoms with Gasteiger partial charge in [-0.25, -0.2) is 0 Å². The van der Waals surface area contributed by atoms with Gasteiger partial charge in [0.1, 0.15) is 0 Å². The summed E-state index contributed by atoms with van der Waals surface area (Å²) in [4.78, 5) is 0. The first-order valence-corrected chi connectivity index (χ1v) is 22.0. The van der Waals surface area contributed by atoms with Gasteiger partial charge in [-0.3, -0.25) is 0 Å². The molecule has 4 unspecified atom stereocenters. The summed E-state index contributed by atoms with van der Waals surface area (Å²) in [6, 6.07) is 12.6. The zero-order valence-electron chi connectivity index (χ0n) is 19.4. The average molecular weight is 417 g/mol. The van der Waals surface area contributed by atoms with Gasteiger partial charge in [0.15, 0.2) is 0 Å². The van der Waals surface area contributed by atoms with E-state index in [1.165, 1.54) is 25.3 Å². The van der Waals surface area contributed by atoms with Crippen LogP contribution in [0.4, 0.5) is 0 Å². The molecule has 152 valence electrons. The molecule has 1 saturated carbocycles. The van der Waals surface area contributed by atoms with Gasteiger partial charge in [0.25, 0.3) is 0 Å². The second-order valence-electron chi connectivity index (χ2n) is 12.8. The van der Waals surface area contributed by atoms with Crippen molar-refractivity contribution in [3.8, 4) is 0 Å². The Kier molecular flexibility index (Phi) is 6.08. The molecule has 3 rings (SSSR count). The van der Waals surface area contributed by atoms with Gasteiger partial charge in [0.2, 0.25) is 0 Å². The lowest BCUT2D eigenvalue weighted by Crippen LogP contribution is -2.39. The SMILES string of the molecule is C[Si](C)(C)CC1CCC([Si](C)(C)C2CC(C[Si](C)(C)C)c3ccccc32)C1. The van der Waals surface area contributed by atoms with Gasteiger partial charge < -0.3 is 0 Å². The van der Waals surface area contributed by atoms with Crippen molar-refractivity contribution in [3.05, 3.63) is 35.4 Å². The Balaban J connectivity index is 1.79. The molecule has 0 nitrogen and oxygen atoms in total. The van der Waals surface area contributed by atoms with Crippen LogP contribution >= 0.6 is 0 Å². The number of hydrogen-bond acceptors (Lipinski definition) is 0. The number of rotatable bonds is 6. The fourth-order valence-corrected chi connectivity index (χ4v) is 14.8. The molecule has 27 heavy (non-hydrogen) atoms. The van der Waals surface area contributed by atoms with E-state index in [2.05, 4.69) is 76.6 Å². The third kappa shape index (κ3) is 5.08. The number of benzene rings is 1. The molecule has 0 aromatic heterocycles. The van der Waals surface area contributed by atoms with E-state index in [9.17, 15) is 0 Å². The third-order valence-corrected chi connectivity index (χ3v) is 16.1. The zero-order chi connectivity index (χ0) is 20.0. The molecule has 0 N–H and O–H groups in total. The molecule has 1 aromatic rings. The molecule has 0 radical (unpaired) electrons. The highest BCUT2D eigenvalue weighted by Gasteiger charge is 2.48. The smallest absolute Gasteiger partial charge is 0.0583 e. The standard InChI is InChI=1S/C24H44Si3/c1-25(2,3)17-19-13-14-21(15-19)27(7,8)24-16-20(18-26(4,5)6)22-11-9-10-12-23(22)24/h9-12,19-21,24H,13-18H2,1-8H3. The first kappa shape index (κ1) is 21.6. The van der Waals surface area contributed by atoms with Crippen molar-refractivity contribution >= 4 is 24.2 Å². The molecular formula is C24H44Si3. The van der Waals surface area contributed by atoms with Crippen LogP contribution in [-0.2, 0) is 0 Å². The summed E-state index contributed by atoms with van der Waals surface area (Å²) in [5.41, 5.74) is 5.47. The molecule has 0 aliphatic heterocycles. The van der Waals surface area contributed by atoms with Crippen LogP contribution in [-0.4, -0.2) is 24.2 Å². The Labute approximate surface area is 172 Å². The fourth-order valence-electron chi connectivity index (χ4n) is 6.46. The average Bonchev–Trinajstić information content (AvgIpc) is 3.10. The van der Waals surface area contributed by atoms with Crippen molar-refractivity contribution < 1.29 is 0 Å². The largest absolute Gasteiger partial charge is 0.0695 e. The summed E-state index contributed by atoms with van der Waals surface area (Å²) in [7, 11) is -3.24. The Bertz CT molecular complexity index is 650. The fraction of sp³-hybridized carbons (Fsp3) is 0.750. The van der Waals surface area contributed by atoms with Crippen molar-refractivity contribution in [2.75, 3.05) is 0 Å². The van der Waals surface area contributed by atoms with Crippen LogP contribution in [0.1, 0.15) is 48.3 Å². The highest BCUT2D eigenvalue weighted by molar-refractivity contribution is 6.80. The van der Waals surface area contributed by atoms with Crippen molar-refractivity contribution in [2.24, 2.45) is 5.92 Å². The molecule has 0 saturated heterocycles. The second-order valence-corrected chi connectivity index (χ2v) is 29.1. The van der Waals surface area contributed by atoms with Crippen LogP contribution in [0.2, 0.25) is 70.0 Å². The van der Waals surface area contributed by atoms with E-state index >= 15 is 0 Å². The lowest BCUT2D eigenvalue weighted by Gasteiger charge is -2.37. The van der Waals surface area contributed by atoms with Gasteiger partial charge in [0, 0.05) is 16.1 Å². The molecule has 1 fully saturated rings. The molecular weight excluding hydrogens is 373 g/mol. The van der Waals surface area contributed by atoms with E-state index in [0.717, 1.165) is 22.9 Å². The zero-order valence-corrected chi connectivity index (χ0v) is 22.4. The van der Waals surface area contributed by atoms with E-state index in [0.29, 0.717) is 0 Å². The Morgan fingerprint density at radius 2 is 1.33 bits per heavy atom. The Morgan fingerprint density at radius 1 is 0.741 bits per heavy atom. The summed E-state index contributed by atoms with van der Waals surface area (Å²) in [6.07, 6.45) is 6.09. The molecule has 0 bridgehead atoms. The third-order valence-electron chi connectivity index (χ3n) is 7.58. The molecule has 2 aliphatic rings. The minimum atomic E-state index is -1.29. The van der Waals surface area contributed by atoms with Crippen LogP contribution in [0.15, 0.2) is 24.3 Å². The van der Waals surface area contributed by atoms with Crippen LogP contribution in [0.5, 0.6) is 0 Å². The topological polar surface area (TPSA) is 0 Å². The van der Waals surface area contributed by atoms with Crippen LogP contribution in [0, 0.1) is 5.92 Å². The molecule has 3 heteroatoms. The molecule has 0 spiro atoms. The van der Waals surface area contributed by atoms with Crippen molar-refractivity contribution in [1.29, 1.82) is 0 Å². The van der Waals surface area contributed by atoms with E-state index in [-0.39, 0.29) is 0 Å². The normalized spacial score (nSPS) is 29.2. The van der Waals surface area contributed by atoms with Crippen molar-refractivity contribution in [2.45, 2.75) is 107 Å². The lowest BCUT2D eigenvalue weighted by molar-refractivity contribution is 0.597. The van der Waals surface area contributed by atoms with Gasteiger partial charge >= 0.3 is 0 Å². The quantitative estimate of drug-likeness (QED) is 0.408. The Morgan fingerprint density at radius 3 is 1.93 bits per heavy atom. The highest BCUT2D eigenvalue weighted by atomic mass is 28.3. The Hall–Kier alpha value is -0.129. The molecule has 1 aromatic carbocycles. The second kappa shape index (κ2) is 7.61.